The highest BCUT2D eigenvalue weighted by Gasteiger charge is 2.29. The van der Waals surface area contributed by atoms with E-state index in [1.807, 2.05) is 6.07 Å². The van der Waals surface area contributed by atoms with E-state index < -0.39 is 11.8 Å². The molecule has 0 spiro atoms. The van der Waals surface area contributed by atoms with Gasteiger partial charge in [-0.1, -0.05) is 37.1 Å². The molecular weight excluding hydrogens is 358 g/mol. The molecule has 1 fully saturated rings. The van der Waals surface area contributed by atoms with Crippen molar-refractivity contribution >= 4 is 28.8 Å². The summed E-state index contributed by atoms with van der Waals surface area (Å²) < 4.78 is 0. The highest BCUT2D eigenvalue weighted by Crippen LogP contribution is 2.36. The monoisotopic (exact) mass is 383 g/mol. The molecule has 2 aliphatic rings. The number of amides is 2. The SMILES string of the molecule is O=C(NC[C@H](c1cccs1)N1CCc2ccccc21)C(=O)NC1CCCC1. The van der Waals surface area contributed by atoms with Crippen LogP contribution < -0.4 is 15.5 Å². The van der Waals surface area contributed by atoms with Crippen molar-refractivity contribution in [1.29, 1.82) is 0 Å². The standard InChI is InChI=1S/C21H25N3O2S/c25-20(21(26)23-16-7-2-3-8-16)22-14-18(19-10-5-13-27-19)24-12-11-15-6-1-4-9-17(15)24/h1,4-6,9-10,13,16,18H,2-3,7-8,11-12,14H2,(H,22,25)(H,23,26)/t18-/m1/s1. The predicted molar refractivity (Wildman–Crippen MR) is 108 cm³/mol. The van der Waals surface area contributed by atoms with E-state index in [1.54, 1.807) is 11.3 Å². The molecule has 1 atom stereocenters. The minimum Gasteiger partial charge on any atom is -0.361 e. The van der Waals surface area contributed by atoms with E-state index in [9.17, 15) is 9.59 Å². The van der Waals surface area contributed by atoms with Crippen molar-refractivity contribution in [1.82, 2.24) is 10.6 Å². The van der Waals surface area contributed by atoms with Gasteiger partial charge in [-0.2, -0.15) is 0 Å². The van der Waals surface area contributed by atoms with Crippen LogP contribution in [0.2, 0.25) is 0 Å². The van der Waals surface area contributed by atoms with Crippen LogP contribution in [0.25, 0.3) is 0 Å². The number of hydrogen-bond donors (Lipinski definition) is 2. The van der Waals surface area contributed by atoms with E-state index in [-0.39, 0.29) is 12.1 Å². The van der Waals surface area contributed by atoms with Crippen molar-refractivity contribution in [2.75, 3.05) is 18.0 Å². The number of fused-ring (bicyclic) bond motifs is 1. The van der Waals surface area contributed by atoms with Crippen molar-refractivity contribution < 1.29 is 9.59 Å². The normalized spacial score (nSPS) is 17.6. The average molecular weight is 384 g/mol. The van der Waals surface area contributed by atoms with E-state index in [4.69, 9.17) is 0 Å². The van der Waals surface area contributed by atoms with Gasteiger partial charge in [-0.05, 0) is 42.3 Å². The largest absolute Gasteiger partial charge is 0.361 e. The van der Waals surface area contributed by atoms with Gasteiger partial charge in [-0.3, -0.25) is 9.59 Å². The van der Waals surface area contributed by atoms with Crippen LogP contribution in [-0.4, -0.2) is 30.9 Å². The fraction of sp³-hybridized carbons (Fsp3) is 0.429. The predicted octanol–water partition coefficient (Wildman–Crippen LogP) is 3.03. The molecule has 2 heterocycles. The number of nitrogens with zero attached hydrogens (tertiary/aromatic N) is 1. The summed E-state index contributed by atoms with van der Waals surface area (Å²) in [4.78, 5) is 28.1. The second-order valence-electron chi connectivity index (χ2n) is 7.27. The molecule has 1 aromatic heterocycles. The number of para-hydroxylation sites is 1. The molecule has 1 aliphatic heterocycles. The van der Waals surface area contributed by atoms with Gasteiger partial charge in [0.1, 0.15) is 0 Å². The second-order valence-corrected chi connectivity index (χ2v) is 8.25. The summed E-state index contributed by atoms with van der Waals surface area (Å²) in [6, 6.07) is 12.7. The second kappa shape index (κ2) is 8.13. The Labute approximate surface area is 163 Å². The zero-order valence-electron chi connectivity index (χ0n) is 15.3. The van der Waals surface area contributed by atoms with Crippen LogP contribution in [0, 0.1) is 0 Å². The Balaban J connectivity index is 1.43. The molecule has 2 amide bonds. The summed E-state index contributed by atoms with van der Waals surface area (Å²) in [5.41, 5.74) is 2.56. The van der Waals surface area contributed by atoms with E-state index in [2.05, 4.69) is 51.2 Å². The molecule has 0 unspecified atom stereocenters. The van der Waals surface area contributed by atoms with Crippen LogP contribution in [0.3, 0.4) is 0 Å². The first-order valence-electron chi connectivity index (χ1n) is 9.69. The highest BCUT2D eigenvalue weighted by molar-refractivity contribution is 7.10. The van der Waals surface area contributed by atoms with Gasteiger partial charge < -0.3 is 15.5 Å². The van der Waals surface area contributed by atoms with Crippen LogP contribution in [0.1, 0.15) is 42.2 Å². The number of thiophene rings is 1. The number of anilines is 1. The molecule has 4 rings (SSSR count). The van der Waals surface area contributed by atoms with Crippen LogP contribution in [-0.2, 0) is 16.0 Å². The first-order valence-corrected chi connectivity index (χ1v) is 10.6. The van der Waals surface area contributed by atoms with Gasteiger partial charge >= 0.3 is 11.8 Å². The van der Waals surface area contributed by atoms with E-state index in [0.717, 1.165) is 38.6 Å². The first kappa shape index (κ1) is 18.0. The van der Waals surface area contributed by atoms with Gasteiger partial charge in [0.15, 0.2) is 0 Å². The van der Waals surface area contributed by atoms with E-state index in [1.165, 1.54) is 16.1 Å². The van der Waals surface area contributed by atoms with Crippen molar-refractivity contribution in [3.63, 3.8) is 0 Å². The average Bonchev–Trinajstić information content (AvgIpc) is 3.44. The molecular formula is C21H25N3O2S. The van der Waals surface area contributed by atoms with Crippen molar-refractivity contribution in [2.24, 2.45) is 0 Å². The molecule has 5 nitrogen and oxygen atoms in total. The third-order valence-corrected chi connectivity index (χ3v) is 6.50. The minimum absolute atomic E-state index is 0.0388. The van der Waals surface area contributed by atoms with Crippen LogP contribution in [0.5, 0.6) is 0 Å². The lowest BCUT2D eigenvalue weighted by Gasteiger charge is -2.30. The molecule has 1 aliphatic carbocycles. The Bertz CT molecular complexity index is 800. The van der Waals surface area contributed by atoms with Gasteiger partial charge in [0, 0.05) is 29.7 Å². The van der Waals surface area contributed by atoms with Gasteiger partial charge in [0.2, 0.25) is 0 Å². The maximum atomic E-state index is 12.3. The zero-order chi connectivity index (χ0) is 18.6. The molecule has 2 N–H and O–H groups in total. The van der Waals surface area contributed by atoms with Gasteiger partial charge in [-0.15, -0.1) is 11.3 Å². The molecule has 1 aromatic carbocycles. The molecule has 1 saturated carbocycles. The molecule has 6 heteroatoms. The van der Waals surface area contributed by atoms with Crippen LogP contribution in [0.15, 0.2) is 41.8 Å². The maximum Gasteiger partial charge on any atom is 0.309 e. The maximum absolute atomic E-state index is 12.3. The molecule has 142 valence electrons. The smallest absolute Gasteiger partial charge is 0.309 e. The van der Waals surface area contributed by atoms with Gasteiger partial charge in [0.05, 0.1) is 6.04 Å². The summed E-state index contributed by atoms with van der Waals surface area (Å²) in [5, 5.41) is 7.78. The van der Waals surface area contributed by atoms with Crippen LogP contribution >= 0.6 is 11.3 Å². The summed E-state index contributed by atoms with van der Waals surface area (Å²) >= 11 is 1.69. The third kappa shape index (κ3) is 4.00. The Kier molecular flexibility index (Phi) is 5.43. The number of carbonyl (C=O) groups is 2. The summed E-state index contributed by atoms with van der Waals surface area (Å²) in [6.45, 7) is 1.35. The van der Waals surface area contributed by atoms with Crippen molar-refractivity contribution in [2.45, 2.75) is 44.2 Å². The van der Waals surface area contributed by atoms with Crippen molar-refractivity contribution in [3.05, 3.63) is 52.2 Å². The Morgan fingerprint density at radius 2 is 1.93 bits per heavy atom. The number of hydrogen-bond acceptors (Lipinski definition) is 4. The quantitative estimate of drug-likeness (QED) is 0.780. The Morgan fingerprint density at radius 3 is 2.70 bits per heavy atom. The van der Waals surface area contributed by atoms with E-state index in [0.29, 0.717) is 6.54 Å². The lowest BCUT2D eigenvalue weighted by Crippen LogP contribution is -2.46. The minimum atomic E-state index is -0.532. The first-order chi connectivity index (χ1) is 13.2. The Hall–Kier alpha value is -2.34. The fourth-order valence-corrected chi connectivity index (χ4v) is 4.96. The van der Waals surface area contributed by atoms with Crippen LogP contribution in [0.4, 0.5) is 5.69 Å². The topological polar surface area (TPSA) is 61.4 Å². The Morgan fingerprint density at radius 1 is 1.11 bits per heavy atom. The molecule has 2 aromatic rings. The summed E-state index contributed by atoms with van der Waals surface area (Å²) in [7, 11) is 0. The molecule has 0 saturated heterocycles. The van der Waals surface area contributed by atoms with Gasteiger partial charge in [0.25, 0.3) is 0 Å². The lowest BCUT2D eigenvalue weighted by molar-refractivity contribution is -0.139. The lowest BCUT2D eigenvalue weighted by atomic mass is 10.1. The fourth-order valence-electron chi connectivity index (χ4n) is 4.12. The molecule has 27 heavy (non-hydrogen) atoms. The molecule has 0 bridgehead atoms. The summed E-state index contributed by atoms with van der Waals surface area (Å²) in [5.74, 6) is -1.04. The summed E-state index contributed by atoms with van der Waals surface area (Å²) in [6.07, 6.45) is 5.21. The van der Waals surface area contributed by atoms with Crippen molar-refractivity contribution in [3.8, 4) is 0 Å². The number of benzene rings is 1. The molecule has 0 radical (unpaired) electrons. The van der Waals surface area contributed by atoms with E-state index >= 15 is 0 Å². The van der Waals surface area contributed by atoms with Gasteiger partial charge in [-0.25, -0.2) is 0 Å². The number of carbonyl (C=O) groups excluding carboxylic acids is 2. The number of rotatable bonds is 5. The third-order valence-electron chi connectivity index (χ3n) is 5.52. The number of nitrogens with one attached hydrogen (secondary N) is 2. The zero-order valence-corrected chi connectivity index (χ0v) is 16.1. The highest BCUT2D eigenvalue weighted by atomic mass is 32.1.